The molecule has 1 atom stereocenters. The number of benzene rings is 2. The number of carbonyl (C=O) groups is 1. The molecule has 0 radical (unpaired) electrons. The number of amides is 1. The van der Waals surface area contributed by atoms with Crippen LogP contribution in [0.5, 0.6) is 0 Å². The van der Waals surface area contributed by atoms with Gasteiger partial charge >= 0.3 is 0 Å². The lowest BCUT2D eigenvalue weighted by molar-refractivity contribution is -0.115. The molecular formula is C20H23NOS. The van der Waals surface area contributed by atoms with Crippen LogP contribution >= 0.6 is 11.8 Å². The van der Waals surface area contributed by atoms with Gasteiger partial charge in [0.05, 0.1) is 5.25 Å². The lowest BCUT2D eigenvalue weighted by Gasteiger charge is -2.16. The van der Waals surface area contributed by atoms with Gasteiger partial charge in [0, 0.05) is 10.6 Å². The highest BCUT2D eigenvalue weighted by Gasteiger charge is 2.29. The number of anilines is 1. The molecule has 2 aromatic carbocycles. The number of nitrogens with one attached hydrogen (secondary N) is 1. The number of rotatable bonds is 4. The zero-order valence-corrected chi connectivity index (χ0v) is 14.8. The summed E-state index contributed by atoms with van der Waals surface area (Å²) in [5.41, 5.74) is 6.00. The summed E-state index contributed by atoms with van der Waals surface area (Å²) in [6, 6.07) is 12.8. The minimum Gasteiger partial charge on any atom is -0.325 e. The highest BCUT2D eigenvalue weighted by molar-refractivity contribution is 8.01. The van der Waals surface area contributed by atoms with E-state index in [1.54, 1.807) is 11.8 Å². The zero-order chi connectivity index (χ0) is 16.4. The Balaban J connectivity index is 1.79. The highest BCUT2D eigenvalue weighted by Crippen LogP contribution is 2.38. The normalized spacial score (nSPS) is 16.2. The molecule has 0 spiro atoms. The van der Waals surface area contributed by atoms with Crippen LogP contribution in [0, 0.1) is 6.92 Å². The van der Waals surface area contributed by atoms with Crippen molar-refractivity contribution in [2.75, 3.05) is 5.32 Å². The molecule has 1 N–H and O–H groups in total. The second-order valence-electron chi connectivity index (χ2n) is 6.07. The Morgan fingerprint density at radius 2 is 1.87 bits per heavy atom. The predicted octanol–water partition coefficient (Wildman–Crippen LogP) is 4.78. The monoisotopic (exact) mass is 325 g/mol. The number of carbonyl (C=O) groups excluding carboxylic acids is 1. The topological polar surface area (TPSA) is 29.1 Å². The highest BCUT2D eigenvalue weighted by atomic mass is 32.2. The number of hydrogen-bond acceptors (Lipinski definition) is 2. The van der Waals surface area contributed by atoms with Gasteiger partial charge in [-0.3, -0.25) is 4.79 Å². The molecule has 1 aliphatic heterocycles. The lowest BCUT2D eigenvalue weighted by atomic mass is 10.0. The van der Waals surface area contributed by atoms with E-state index in [4.69, 9.17) is 0 Å². The van der Waals surface area contributed by atoms with E-state index in [1.807, 2.05) is 0 Å². The molecule has 3 heteroatoms. The van der Waals surface area contributed by atoms with Gasteiger partial charge in [0.1, 0.15) is 0 Å². The van der Waals surface area contributed by atoms with Gasteiger partial charge in [-0.2, -0.15) is 0 Å². The van der Waals surface area contributed by atoms with E-state index in [9.17, 15) is 4.79 Å². The Morgan fingerprint density at radius 1 is 1.17 bits per heavy atom. The van der Waals surface area contributed by atoms with Gasteiger partial charge in [0.25, 0.3) is 0 Å². The second kappa shape index (κ2) is 6.79. The minimum absolute atomic E-state index is 0.0265. The molecule has 1 heterocycles. The first-order valence-electron chi connectivity index (χ1n) is 8.30. The molecule has 2 aromatic rings. The van der Waals surface area contributed by atoms with Gasteiger partial charge in [-0.15, -0.1) is 11.8 Å². The third-order valence-corrected chi connectivity index (χ3v) is 5.74. The van der Waals surface area contributed by atoms with Crippen molar-refractivity contribution in [1.82, 2.24) is 0 Å². The summed E-state index contributed by atoms with van der Waals surface area (Å²) in [6.45, 7) is 6.36. The Hall–Kier alpha value is -1.74. The lowest BCUT2D eigenvalue weighted by Crippen LogP contribution is -2.25. The summed E-state index contributed by atoms with van der Waals surface area (Å²) in [4.78, 5) is 14.0. The van der Waals surface area contributed by atoms with Crippen molar-refractivity contribution in [1.29, 1.82) is 0 Å². The first kappa shape index (κ1) is 16.1. The van der Waals surface area contributed by atoms with Crippen molar-refractivity contribution in [3.05, 3.63) is 58.7 Å². The standard InChI is InChI=1S/C20H23NOS/c1-4-14-7-6-8-15(5-2)19(14)21-20(22)18-12-16-10-9-13(3)11-17(16)23-18/h6-11,18H,4-5,12H2,1-3H3,(H,21,22)/t18-/m0/s1. The van der Waals surface area contributed by atoms with Crippen LogP contribution in [0.1, 0.15) is 36.1 Å². The van der Waals surface area contributed by atoms with Crippen LogP contribution in [-0.2, 0) is 24.1 Å². The molecule has 0 saturated heterocycles. The molecule has 1 amide bonds. The van der Waals surface area contributed by atoms with Gasteiger partial charge in [-0.1, -0.05) is 49.7 Å². The molecule has 0 fully saturated rings. The van der Waals surface area contributed by atoms with Crippen LogP contribution in [0.15, 0.2) is 41.3 Å². The number of fused-ring (bicyclic) bond motifs is 1. The van der Waals surface area contributed by atoms with E-state index >= 15 is 0 Å². The molecule has 0 bridgehead atoms. The Morgan fingerprint density at radius 3 is 2.52 bits per heavy atom. The first-order valence-corrected chi connectivity index (χ1v) is 9.18. The van der Waals surface area contributed by atoms with Gasteiger partial charge in [-0.05, 0) is 48.9 Å². The maximum atomic E-state index is 12.8. The van der Waals surface area contributed by atoms with Crippen molar-refractivity contribution in [2.24, 2.45) is 0 Å². The van der Waals surface area contributed by atoms with Gasteiger partial charge in [0.2, 0.25) is 5.91 Å². The minimum atomic E-state index is -0.0265. The summed E-state index contributed by atoms with van der Waals surface area (Å²) in [6.07, 6.45) is 2.68. The molecule has 0 aliphatic carbocycles. The van der Waals surface area contributed by atoms with Crippen LogP contribution < -0.4 is 5.32 Å². The van der Waals surface area contributed by atoms with Gasteiger partial charge in [0.15, 0.2) is 0 Å². The van der Waals surface area contributed by atoms with E-state index in [1.165, 1.54) is 27.1 Å². The maximum Gasteiger partial charge on any atom is 0.238 e. The van der Waals surface area contributed by atoms with Crippen LogP contribution in [0.4, 0.5) is 5.69 Å². The summed E-state index contributed by atoms with van der Waals surface area (Å²) in [5.74, 6) is 0.124. The van der Waals surface area contributed by atoms with E-state index in [0.29, 0.717) is 0 Å². The molecule has 0 aromatic heterocycles. The molecular weight excluding hydrogens is 302 g/mol. The molecule has 3 rings (SSSR count). The largest absolute Gasteiger partial charge is 0.325 e. The van der Waals surface area contributed by atoms with Crippen molar-refractivity contribution >= 4 is 23.4 Å². The number of thioether (sulfide) groups is 1. The summed E-state index contributed by atoms with van der Waals surface area (Å²) >= 11 is 1.69. The van der Waals surface area contributed by atoms with E-state index in [2.05, 4.69) is 62.5 Å². The molecule has 0 saturated carbocycles. The fraction of sp³-hybridized carbons (Fsp3) is 0.350. The Kier molecular flexibility index (Phi) is 4.76. The van der Waals surface area contributed by atoms with Crippen molar-refractivity contribution < 1.29 is 4.79 Å². The molecule has 1 aliphatic rings. The van der Waals surface area contributed by atoms with Crippen LogP contribution in [0.3, 0.4) is 0 Å². The third kappa shape index (κ3) is 3.30. The summed E-state index contributed by atoms with van der Waals surface area (Å²) < 4.78 is 0. The maximum absolute atomic E-state index is 12.8. The summed E-state index contributed by atoms with van der Waals surface area (Å²) in [5, 5.41) is 3.19. The average molecular weight is 325 g/mol. The van der Waals surface area contributed by atoms with Crippen LogP contribution in [0.25, 0.3) is 0 Å². The first-order chi connectivity index (χ1) is 11.1. The number of aryl methyl sites for hydroxylation is 3. The van der Waals surface area contributed by atoms with Crippen LogP contribution in [-0.4, -0.2) is 11.2 Å². The van der Waals surface area contributed by atoms with Crippen molar-refractivity contribution in [2.45, 2.75) is 50.2 Å². The molecule has 2 nitrogen and oxygen atoms in total. The second-order valence-corrected chi connectivity index (χ2v) is 7.31. The van der Waals surface area contributed by atoms with E-state index < -0.39 is 0 Å². The quantitative estimate of drug-likeness (QED) is 0.877. The fourth-order valence-electron chi connectivity index (χ4n) is 3.09. The van der Waals surface area contributed by atoms with E-state index in [0.717, 1.165) is 24.9 Å². The fourth-order valence-corrected chi connectivity index (χ4v) is 4.38. The Labute approximate surface area is 142 Å². The van der Waals surface area contributed by atoms with Crippen LogP contribution in [0.2, 0.25) is 0 Å². The molecule has 120 valence electrons. The molecule has 23 heavy (non-hydrogen) atoms. The van der Waals surface area contributed by atoms with E-state index in [-0.39, 0.29) is 11.2 Å². The smallest absolute Gasteiger partial charge is 0.238 e. The van der Waals surface area contributed by atoms with Gasteiger partial charge < -0.3 is 5.32 Å². The Bertz CT molecular complexity index is 716. The third-order valence-electron chi connectivity index (χ3n) is 4.44. The SMILES string of the molecule is CCc1cccc(CC)c1NC(=O)[C@@H]1Cc2ccc(C)cc2S1. The van der Waals surface area contributed by atoms with Crippen molar-refractivity contribution in [3.63, 3.8) is 0 Å². The molecule has 0 unspecified atom stereocenters. The van der Waals surface area contributed by atoms with Gasteiger partial charge in [-0.25, -0.2) is 0 Å². The zero-order valence-electron chi connectivity index (χ0n) is 14.0. The van der Waals surface area contributed by atoms with Crippen molar-refractivity contribution in [3.8, 4) is 0 Å². The predicted molar refractivity (Wildman–Crippen MR) is 98.4 cm³/mol. The number of para-hydroxylation sites is 1. The summed E-state index contributed by atoms with van der Waals surface area (Å²) in [7, 11) is 0. The number of hydrogen-bond donors (Lipinski definition) is 1. The average Bonchev–Trinajstić information content (AvgIpc) is 2.98.